The fourth-order valence-electron chi connectivity index (χ4n) is 3.67. The van der Waals surface area contributed by atoms with Crippen LogP contribution < -0.4 is 10.6 Å². The molecular formula is C15H21N3S. The molecule has 0 amide bonds. The number of piperidine rings is 1. The topological polar surface area (TPSA) is 42.1 Å². The minimum Gasteiger partial charge on any atom is -0.389 e. The first-order chi connectivity index (χ1) is 9.16. The second-order valence-electron chi connectivity index (χ2n) is 5.78. The van der Waals surface area contributed by atoms with Gasteiger partial charge in [0.2, 0.25) is 0 Å². The van der Waals surface area contributed by atoms with Crippen LogP contribution in [-0.2, 0) is 0 Å². The number of rotatable bonds is 2. The van der Waals surface area contributed by atoms with Crippen molar-refractivity contribution < 1.29 is 0 Å². The van der Waals surface area contributed by atoms with Crippen molar-refractivity contribution in [3.05, 3.63) is 23.4 Å². The third-order valence-electron chi connectivity index (χ3n) is 4.55. The number of pyridine rings is 1. The summed E-state index contributed by atoms with van der Waals surface area (Å²) in [5.41, 5.74) is 7.85. The predicted molar refractivity (Wildman–Crippen MR) is 82.6 cm³/mol. The van der Waals surface area contributed by atoms with E-state index in [1.165, 1.54) is 32.1 Å². The summed E-state index contributed by atoms with van der Waals surface area (Å²) in [6.45, 7) is 3.12. The molecule has 2 aliphatic rings. The molecule has 2 heterocycles. The van der Waals surface area contributed by atoms with E-state index in [0.717, 1.165) is 29.5 Å². The molecule has 2 N–H and O–H groups in total. The molecule has 2 atom stereocenters. The van der Waals surface area contributed by atoms with Crippen LogP contribution >= 0.6 is 12.2 Å². The summed E-state index contributed by atoms with van der Waals surface area (Å²) in [6.07, 6.45) is 6.63. The van der Waals surface area contributed by atoms with E-state index in [2.05, 4.69) is 4.90 Å². The molecule has 0 spiro atoms. The second-order valence-corrected chi connectivity index (χ2v) is 6.22. The molecule has 102 valence electrons. The van der Waals surface area contributed by atoms with Gasteiger partial charge in [-0.1, -0.05) is 18.6 Å². The van der Waals surface area contributed by atoms with Crippen LogP contribution in [0.5, 0.6) is 0 Å². The second kappa shape index (κ2) is 5.08. The zero-order chi connectivity index (χ0) is 13.4. The molecule has 0 radical (unpaired) electrons. The van der Waals surface area contributed by atoms with E-state index in [4.69, 9.17) is 22.9 Å². The highest BCUT2D eigenvalue weighted by atomic mass is 32.1. The fraction of sp³-hybridized carbons (Fsp3) is 0.600. The molecule has 2 unspecified atom stereocenters. The molecule has 1 aromatic heterocycles. The van der Waals surface area contributed by atoms with E-state index in [1.807, 2.05) is 19.1 Å². The first-order valence-corrected chi connectivity index (χ1v) is 7.62. The number of aryl methyl sites for hydroxylation is 1. The largest absolute Gasteiger partial charge is 0.389 e. The van der Waals surface area contributed by atoms with Crippen LogP contribution in [0, 0.1) is 12.8 Å². The third-order valence-corrected chi connectivity index (χ3v) is 4.77. The summed E-state index contributed by atoms with van der Waals surface area (Å²) in [7, 11) is 0. The quantitative estimate of drug-likeness (QED) is 0.843. The van der Waals surface area contributed by atoms with Crippen LogP contribution in [0.15, 0.2) is 12.1 Å². The molecule has 2 fully saturated rings. The molecule has 1 aliphatic heterocycles. The minimum atomic E-state index is 0.461. The Morgan fingerprint density at radius 2 is 2.11 bits per heavy atom. The molecule has 3 nitrogen and oxygen atoms in total. The molecule has 1 saturated carbocycles. The normalized spacial score (nSPS) is 26.3. The van der Waals surface area contributed by atoms with Crippen molar-refractivity contribution in [1.29, 1.82) is 0 Å². The van der Waals surface area contributed by atoms with Crippen LogP contribution in [0.1, 0.15) is 43.4 Å². The van der Waals surface area contributed by atoms with Gasteiger partial charge in [0.1, 0.15) is 10.8 Å². The summed E-state index contributed by atoms with van der Waals surface area (Å²) in [5, 5.41) is 0. The monoisotopic (exact) mass is 275 g/mol. The van der Waals surface area contributed by atoms with Gasteiger partial charge in [0.25, 0.3) is 0 Å². The Hall–Kier alpha value is -1.16. The highest BCUT2D eigenvalue weighted by Crippen LogP contribution is 2.39. The number of hydrogen-bond donors (Lipinski definition) is 1. The van der Waals surface area contributed by atoms with Crippen molar-refractivity contribution in [2.24, 2.45) is 11.7 Å². The van der Waals surface area contributed by atoms with Crippen LogP contribution in [0.3, 0.4) is 0 Å². The van der Waals surface area contributed by atoms with E-state index in [-0.39, 0.29) is 0 Å². The zero-order valence-corrected chi connectivity index (χ0v) is 12.2. The van der Waals surface area contributed by atoms with E-state index in [0.29, 0.717) is 11.0 Å². The average molecular weight is 275 g/mol. The van der Waals surface area contributed by atoms with E-state index >= 15 is 0 Å². The average Bonchev–Trinajstić information content (AvgIpc) is 2.86. The molecule has 0 aromatic carbocycles. The fourth-order valence-corrected chi connectivity index (χ4v) is 3.83. The van der Waals surface area contributed by atoms with Crippen LogP contribution in [0.4, 0.5) is 5.82 Å². The van der Waals surface area contributed by atoms with Gasteiger partial charge in [-0.2, -0.15) is 0 Å². The summed E-state index contributed by atoms with van der Waals surface area (Å²) in [4.78, 5) is 7.67. The molecule has 1 aliphatic carbocycles. The maximum Gasteiger partial charge on any atom is 0.139 e. The zero-order valence-electron chi connectivity index (χ0n) is 11.4. The number of thiocarbonyl (C=S) groups is 1. The molecular weight excluding hydrogens is 254 g/mol. The Morgan fingerprint density at radius 3 is 2.89 bits per heavy atom. The van der Waals surface area contributed by atoms with Gasteiger partial charge in [-0.15, -0.1) is 0 Å². The van der Waals surface area contributed by atoms with Gasteiger partial charge in [0.15, 0.2) is 0 Å². The third kappa shape index (κ3) is 2.34. The van der Waals surface area contributed by atoms with Crippen LogP contribution in [0.2, 0.25) is 0 Å². The standard InChI is InChI=1S/C15H21N3S/c1-10-7-8-12(14(16)19)15(17-10)18-9-3-5-11-4-2-6-13(11)18/h7-8,11,13H,2-6,9H2,1H3,(H2,16,19). The summed E-state index contributed by atoms with van der Waals surface area (Å²) in [6, 6.07) is 4.67. The summed E-state index contributed by atoms with van der Waals surface area (Å²) < 4.78 is 0. The predicted octanol–water partition coefficient (Wildman–Crippen LogP) is 2.79. The number of hydrogen-bond acceptors (Lipinski definition) is 3. The van der Waals surface area contributed by atoms with Gasteiger partial charge in [-0.3, -0.25) is 0 Å². The highest BCUT2D eigenvalue weighted by molar-refractivity contribution is 7.80. The summed E-state index contributed by atoms with van der Waals surface area (Å²) >= 11 is 5.19. The molecule has 19 heavy (non-hydrogen) atoms. The highest BCUT2D eigenvalue weighted by Gasteiger charge is 2.36. The van der Waals surface area contributed by atoms with Crippen LogP contribution in [0.25, 0.3) is 0 Å². The molecule has 4 heteroatoms. The lowest BCUT2D eigenvalue weighted by atomic mass is 9.91. The van der Waals surface area contributed by atoms with Gasteiger partial charge in [0, 0.05) is 18.3 Å². The van der Waals surface area contributed by atoms with Crippen molar-refractivity contribution >= 4 is 23.0 Å². The Labute approximate surface area is 120 Å². The van der Waals surface area contributed by atoms with Crippen molar-refractivity contribution in [2.45, 2.75) is 45.1 Å². The van der Waals surface area contributed by atoms with Gasteiger partial charge in [0.05, 0.1) is 5.56 Å². The number of nitrogens with two attached hydrogens (primary N) is 1. The Kier molecular flexibility index (Phi) is 3.44. The smallest absolute Gasteiger partial charge is 0.139 e. The first kappa shape index (κ1) is 12.9. The molecule has 3 rings (SSSR count). The lowest BCUT2D eigenvalue weighted by Crippen LogP contribution is -2.44. The van der Waals surface area contributed by atoms with Gasteiger partial charge in [-0.25, -0.2) is 4.98 Å². The number of fused-ring (bicyclic) bond motifs is 1. The van der Waals surface area contributed by atoms with Crippen LogP contribution in [-0.4, -0.2) is 22.6 Å². The molecule has 0 bridgehead atoms. The maximum absolute atomic E-state index is 5.87. The van der Waals surface area contributed by atoms with Gasteiger partial charge < -0.3 is 10.6 Å². The van der Waals surface area contributed by atoms with Gasteiger partial charge in [-0.05, 0) is 50.7 Å². The molecule has 1 aromatic rings. The first-order valence-electron chi connectivity index (χ1n) is 7.21. The summed E-state index contributed by atoms with van der Waals surface area (Å²) in [5.74, 6) is 1.86. The van der Waals surface area contributed by atoms with E-state index < -0.39 is 0 Å². The Morgan fingerprint density at radius 1 is 1.32 bits per heavy atom. The van der Waals surface area contributed by atoms with Gasteiger partial charge >= 0.3 is 0 Å². The minimum absolute atomic E-state index is 0.461. The van der Waals surface area contributed by atoms with Crippen molar-refractivity contribution in [2.75, 3.05) is 11.4 Å². The Bertz CT molecular complexity index is 500. The van der Waals surface area contributed by atoms with Crippen molar-refractivity contribution in [3.63, 3.8) is 0 Å². The molecule has 1 saturated heterocycles. The number of aromatic nitrogens is 1. The number of anilines is 1. The number of nitrogens with zero attached hydrogens (tertiary/aromatic N) is 2. The van der Waals surface area contributed by atoms with E-state index in [1.54, 1.807) is 0 Å². The van der Waals surface area contributed by atoms with Crippen molar-refractivity contribution in [1.82, 2.24) is 4.98 Å². The maximum atomic E-state index is 5.87. The lowest BCUT2D eigenvalue weighted by molar-refractivity contribution is 0.360. The lowest BCUT2D eigenvalue weighted by Gasteiger charge is -2.39. The Balaban J connectivity index is 2.00. The SMILES string of the molecule is Cc1ccc(C(N)=S)c(N2CCCC3CCCC32)n1. The van der Waals surface area contributed by atoms with E-state index in [9.17, 15) is 0 Å². The van der Waals surface area contributed by atoms with Crippen molar-refractivity contribution in [3.8, 4) is 0 Å².